The summed E-state index contributed by atoms with van der Waals surface area (Å²) in [6.07, 6.45) is 2.17. The number of nitrogens with zero attached hydrogens (tertiary/aromatic N) is 1. The normalized spacial score (nSPS) is 14.9. The SMILES string of the molecule is CN=C(NC(C)c1ccc(OCC(=O)NC2CC2)cc1)c1cccs1.Cl. The third kappa shape index (κ3) is 5.75. The molecule has 1 aliphatic rings. The zero-order chi connectivity index (χ0) is 17.6. The number of amides is 1. The van der Waals surface area contributed by atoms with Crippen LogP contribution in [-0.2, 0) is 4.79 Å². The fraction of sp³-hybridized carbons (Fsp3) is 0.368. The van der Waals surface area contributed by atoms with Crippen LogP contribution in [0.4, 0.5) is 0 Å². The van der Waals surface area contributed by atoms with Crippen LogP contribution in [0.1, 0.15) is 36.2 Å². The molecule has 1 heterocycles. The maximum Gasteiger partial charge on any atom is 0.258 e. The summed E-state index contributed by atoms with van der Waals surface area (Å²) < 4.78 is 5.54. The minimum absolute atomic E-state index is 0. The summed E-state index contributed by atoms with van der Waals surface area (Å²) in [4.78, 5) is 17.1. The number of amidine groups is 1. The monoisotopic (exact) mass is 393 g/mol. The number of aliphatic imine (C=N–C) groups is 1. The Morgan fingerprint density at radius 3 is 2.62 bits per heavy atom. The number of hydrogen-bond acceptors (Lipinski definition) is 4. The largest absolute Gasteiger partial charge is 0.484 e. The number of thiophene rings is 1. The fourth-order valence-electron chi connectivity index (χ4n) is 2.45. The molecule has 0 bridgehead atoms. The molecular weight excluding hydrogens is 370 g/mol. The van der Waals surface area contributed by atoms with E-state index in [-0.39, 0.29) is 31.0 Å². The Hall–Kier alpha value is -2.05. The van der Waals surface area contributed by atoms with Crippen molar-refractivity contribution >= 4 is 35.5 Å². The van der Waals surface area contributed by atoms with Crippen molar-refractivity contribution in [3.8, 4) is 5.75 Å². The molecule has 1 unspecified atom stereocenters. The van der Waals surface area contributed by atoms with Gasteiger partial charge in [-0.15, -0.1) is 23.7 Å². The third-order valence-corrected chi connectivity index (χ3v) is 4.90. The molecule has 1 aliphatic carbocycles. The maximum absolute atomic E-state index is 11.7. The van der Waals surface area contributed by atoms with Crippen molar-refractivity contribution in [2.24, 2.45) is 4.99 Å². The van der Waals surface area contributed by atoms with E-state index in [0.29, 0.717) is 11.8 Å². The van der Waals surface area contributed by atoms with Gasteiger partial charge in [-0.2, -0.15) is 0 Å². The molecule has 0 spiro atoms. The van der Waals surface area contributed by atoms with Gasteiger partial charge in [0.25, 0.3) is 5.91 Å². The second-order valence-electron chi connectivity index (χ2n) is 6.12. The van der Waals surface area contributed by atoms with Crippen LogP contribution in [0.2, 0.25) is 0 Å². The summed E-state index contributed by atoms with van der Waals surface area (Å²) in [5, 5.41) is 8.39. The van der Waals surface area contributed by atoms with Crippen molar-refractivity contribution in [1.82, 2.24) is 10.6 Å². The lowest BCUT2D eigenvalue weighted by molar-refractivity contribution is -0.123. The van der Waals surface area contributed by atoms with Gasteiger partial charge in [0.2, 0.25) is 0 Å². The van der Waals surface area contributed by atoms with Crippen LogP contribution in [0.15, 0.2) is 46.8 Å². The first-order valence-electron chi connectivity index (χ1n) is 8.45. The minimum atomic E-state index is -0.0543. The highest BCUT2D eigenvalue weighted by atomic mass is 35.5. The Morgan fingerprint density at radius 1 is 1.31 bits per heavy atom. The molecule has 1 aromatic heterocycles. The van der Waals surface area contributed by atoms with E-state index >= 15 is 0 Å². The predicted octanol–water partition coefficient (Wildman–Crippen LogP) is 3.55. The van der Waals surface area contributed by atoms with Gasteiger partial charge in [-0.25, -0.2) is 0 Å². The molecule has 2 N–H and O–H groups in total. The summed E-state index contributed by atoms with van der Waals surface area (Å²) in [5.41, 5.74) is 1.13. The second kappa shape index (κ2) is 9.59. The third-order valence-electron chi connectivity index (χ3n) is 4.02. The van der Waals surface area contributed by atoms with Gasteiger partial charge < -0.3 is 15.4 Å². The number of benzene rings is 1. The van der Waals surface area contributed by atoms with Gasteiger partial charge in [-0.05, 0) is 48.9 Å². The van der Waals surface area contributed by atoms with E-state index in [1.165, 1.54) is 0 Å². The van der Waals surface area contributed by atoms with E-state index in [1.54, 1.807) is 18.4 Å². The van der Waals surface area contributed by atoms with Gasteiger partial charge in [0.05, 0.1) is 4.88 Å². The van der Waals surface area contributed by atoms with Crippen LogP contribution in [0.3, 0.4) is 0 Å². The Labute approximate surface area is 164 Å². The molecule has 0 aliphatic heterocycles. The van der Waals surface area contributed by atoms with Crippen LogP contribution in [-0.4, -0.2) is 31.4 Å². The van der Waals surface area contributed by atoms with Crippen LogP contribution < -0.4 is 15.4 Å². The fourth-order valence-corrected chi connectivity index (χ4v) is 3.17. The summed E-state index contributed by atoms with van der Waals surface area (Å²) in [6, 6.07) is 12.4. The molecule has 1 atom stereocenters. The number of nitrogens with one attached hydrogen (secondary N) is 2. The smallest absolute Gasteiger partial charge is 0.258 e. The number of carbonyl (C=O) groups is 1. The molecule has 3 rings (SSSR count). The number of ether oxygens (including phenoxy) is 1. The van der Waals surface area contributed by atoms with E-state index in [1.807, 2.05) is 35.7 Å². The molecule has 1 saturated carbocycles. The molecule has 7 heteroatoms. The van der Waals surface area contributed by atoms with E-state index in [0.717, 1.165) is 29.1 Å². The van der Waals surface area contributed by atoms with Gasteiger partial charge in [-0.3, -0.25) is 9.79 Å². The van der Waals surface area contributed by atoms with Crippen molar-refractivity contribution in [2.45, 2.75) is 31.8 Å². The average molecular weight is 394 g/mol. The summed E-state index contributed by atoms with van der Waals surface area (Å²) in [7, 11) is 1.79. The molecule has 1 amide bonds. The molecule has 2 aromatic rings. The maximum atomic E-state index is 11.7. The van der Waals surface area contributed by atoms with Crippen molar-refractivity contribution in [2.75, 3.05) is 13.7 Å². The predicted molar refractivity (Wildman–Crippen MR) is 109 cm³/mol. The zero-order valence-electron chi connectivity index (χ0n) is 14.9. The average Bonchev–Trinajstić information content (AvgIpc) is 3.27. The lowest BCUT2D eigenvalue weighted by Gasteiger charge is -2.17. The Balaban J connectivity index is 0.00000243. The second-order valence-corrected chi connectivity index (χ2v) is 7.06. The molecular formula is C19H24ClN3O2S. The zero-order valence-corrected chi connectivity index (χ0v) is 16.5. The minimum Gasteiger partial charge on any atom is -0.484 e. The molecule has 26 heavy (non-hydrogen) atoms. The van der Waals surface area contributed by atoms with Crippen molar-refractivity contribution in [3.05, 3.63) is 52.2 Å². The highest BCUT2D eigenvalue weighted by Crippen LogP contribution is 2.20. The van der Waals surface area contributed by atoms with Crippen LogP contribution >= 0.6 is 23.7 Å². The lowest BCUT2D eigenvalue weighted by atomic mass is 10.1. The van der Waals surface area contributed by atoms with Gasteiger partial charge in [0, 0.05) is 19.1 Å². The first kappa shape index (κ1) is 20.3. The Bertz CT molecular complexity index is 728. The Morgan fingerprint density at radius 2 is 2.04 bits per heavy atom. The van der Waals surface area contributed by atoms with Gasteiger partial charge >= 0.3 is 0 Å². The van der Waals surface area contributed by atoms with Crippen molar-refractivity contribution in [1.29, 1.82) is 0 Å². The highest BCUT2D eigenvalue weighted by molar-refractivity contribution is 7.12. The number of hydrogen-bond donors (Lipinski definition) is 2. The first-order chi connectivity index (χ1) is 12.2. The quantitative estimate of drug-likeness (QED) is 0.558. The number of carbonyl (C=O) groups excluding carboxylic acids is 1. The lowest BCUT2D eigenvalue weighted by Crippen LogP contribution is -2.30. The van der Waals surface area contributed by atoms with Gasteiger partial charge in [0.15, 0.2) is 6.61 Å². The summed E-state index contributed by atoms with van der Waals surface area (Å²) >= 11 is 1.66. The van der Waals surface area contributed by atoms with Crippen LogP contribution in [0, 0.1) is 0 Å². The van der Waals surface area contributed by atoms with Crippen LogP contribution in [0.5, 0.6) is 5.75 Å². The molecule has 1 fully saturated rings. The van der Waals surface area contributed by atoms with E-state index < -0.39 is 0 Å². The van der Waals surface area contributed by atoms with E-state index in [4.69, 9.17) is 4.74 Å². The summed E-state index contributed by atoms with van der Waals surface area (Å²) in [6.45, 7) is 2.16. The van der Waals surface area contributed by atoms with E-state index in [2.05, 4.69) is 28.6 Å². The number of rotatable bonds is 7. The molecule has 5 nitrogen and oxygen atoms in total. The molecule has 0 radical (unpaired) electrons. The van der Waals surface area contributed by atoms with Crippen molar-refractivity contribution in [3.63, 3.8) is 0 Å². The van der Waals surface area contributed by atoms with Crippen LogP contribution in [0.25, 0.3) is 0 Å². The van der Waals surface area contributed by atoms with E-state index in [9.17, 15) is 4.79 Å². The van der Waals surface area contributed by atoms with Gasteiger partial charge in [0.1, 0.15) is 11.6 Å². The number of halogens is 1. The molecule has 1 aromatic carbocycles. The first-order valence-corrected chi connectivity index (χ1v) is 9.33. The topological polar surface area (TPSA) is 62.7 Å². The Kier molecular flexibility index (Phi) is 7.48. The highest BCUT2D eigenvalue weighted by Gasteiger charge is 2.23. The summed E-state index contributed by atoms with van der Waals surface area (Å²) in [5.74, 6) is 1.53. The van der Waals surface area contributed by atoms with Gasteiger partial charge in [-0.1, -0.05) is 18.2 Å². The molecule has 0 saturated heterocycles. The standard InChI is InChI=1S/C19H23N3O2S.ClH/c1-13(21-19(20-2)17-4-3-11-25-17)14-5-9-16(10-6-14)24-12-18(23)22-15-7-8-15;/h3-6,9-11,13,15H,7-8,12H2,1-2H3,(H,20,21)(H,22,23);1H. The van der Waals surface area contributed by atoms with Crippen molar-refractivity contribution < 1.29 is 9.53 Å². The molecule has 140 valence electrons.